The van der Waals surface area contributed by atoms with E-state index in [1.54, 1.807) is 18.3 Å². The van der Waals surface area contributed by atoms with E-state index in [1.807, 2.05) is 0 Å². The van der Waals surface area contributed by atoms with Crippen LogP contribution in [0.2, 0.25) is 0 Å². The first-order chi connectivity index (χ1) is 10.8. The zero-order chi connectivity index (χ0) is 16.9. The van der Waals surface area contributed by atoms with Gasteiger partial charge in [-0.05, 0) is 36.4 Å². The molecule has 1 aromatic carbocycles. The van der Waals surface area contributed by atoms with Crippen LogP contribution in [0, 0.1) is 0 Å². The number of pyridine rings is 1. The molecule has 128 valence electrons. The molecular formula is C14H14ClF3N6. The number of anilines is 1. The van der Waals surface area contributed by atoms with Gasteiger partial charge in [0.2, 0.25) is 11.9 Å². The third kappa shape index (κ3) is 5.76. The lowest BCUT2D eigenvalue weighted by Crippen LogP contribution is -2.26. The number of halogens is 4. The Balaban J connectivity index is 0.00000288. The highest BCUT2D eigenvalue weighted by Gasteiger charge is 2.29. The number of nitrogens with zero attached hydrogens (tertiary/aromatic N) is 3. The summed E-state index contributed by atoms with van der Waals surface area (Å²) in [5.41, 5.74) is 11.3. The number of hydrogen-bond donors (Lipinski definition) is 3. The molecule has 1 aromatic heterocycles. The molecule has 0 saturated carbocycles. The molecule has 0 radical (unpaired) electrons. The summed E-state index contributed by atoms with van der Waals surface area (Å²) < 4.78 is 37.3. The average molecular weight is 359 g/mol. The minimum atomic E-state index is -4.40. The molecule has 10 heteroatoms. The second-order valence-corrected chi connectivity index (χ2v) is 4.38. The van der Waals surface area contributed by atoms with E-state index in [-0.39, 0.29) is 30.0 Å². The van der Waals surface area contributed by atoms with Gasteiger partial charge in [0.1, 0.15) is 0 Å². The summed E-state index contributed by atoms with van der Waals surface area (Å²) in [5, 5.41) is 2.74. The van der Waals surface area contributed by atoms with Crippen molar-refractivity contribution in [1.29, 1.82) is 0 Å². The Bertz CT molecular complexity index is 714. The predicted octanol–water partition coefficient (Wildman–Crippen LogP) is 2.90. The Labute approximate surface area is 141 Å². The topological polar surface area (TPSA) is 102 Å². The van der Waals surface area contributed by atoms with Gasteiger partial charge in [-0.1, -0.05) is 0 Å². The number of alkyl halides is 3. The van der Waals surface area contributed by atoms with Crippen LogP contribution < -0.4 is 16.8 Å². The average Bonchev–Trinajstić information content (AvgIpc) is 2.47. The monoisotopic (exact) mass is 358 g/mol. The van der Waals surface area contributed by atoms with Gasteiger partial charge in [-0.3, -0.25) is 4.98 Å². The van der Waals surface area contributed by atoms with Crippen LogP contribution in [0.15, 0.2) is 58.8 Å². The molecule has 0 aliphatic rings. The molecule has 0 spiro atoms. The summed E-state index contributed by atoms with van der Waals surface area (Å²) in [6.45, 7) is 0. The van der Waals surface area contributed by atoms with Crippen LogP contribution in [-0.4, -0.2) is 16.9 Å². The van der Waals surface area contributed by atoms with E-state index in [0.29, 0.717) is 5.69 Å². The van der Waals surface area contributed by atoms with Gasteiger partial charge < -0.3 is 16.8 Å². The quantitative estimate of drug-likeness (QED) is 0.567. The summed E-state index contributed by atoms with van der Waals surface area (Å²) in [4.78, 5) is 11.6. The Hall–Kier alpha value is -2.81. The lowest BCUT2D eigenvalue weighted by atomic mass is 10.2. The highest BCUT2D eigenvalue weighted by Crippen LogP contribution is 2.30. The van der Waals surface area contributed by atoms with Crippen molar-refractivity contribution in [3.05, 3.63) is 54.4 Å². The van der Waals surface area contributed by atoms with Crippen LogP contribution >= 0.6 is 12.4 Å². The maximum Gasteiger partial charge on any atom is 0.416 e. The van der Waals surface area contributed by atoms with Crippen molar-refractivity contribution >= 4 is 35.7 Å². The van der Waals surface area contributed by atoms with Crippen molar-refractivity contribution in [3.63, 3.8) is 0 Å². The van der Waals surface area contributed by atoms with Crippen molar-refractivity contribution in [2.45, 2.75) is 6.18 Å². The molecular weight excluding hydrogens is 345 g/mol. The highest BCUT2D eigenvalue weighted by molar-refractivity contribution is 6.01. The fourth-order valence-electron chi connectivity index (χ4n) is 1.62. The molecule has 2 aromatic rings. The summed E-state index contributed by atoms with van der Waals surface area (Å²) in [5.74, 6) is -0.218. The molecule has 2 rings (SSSR count). The normalized spacial score (nSPS) is 12.5. The molecule has 6 nitrogen and oxygen atoms in total. The fourth-order valence-corrected chi connectivity index (χ4v) is 1.62. The van der Waals surface area contributed by atoms with Gasteiger partial charge in [-0.2, -0.15) is 18.2 Å². The zero-order valence-electron chi connectivity index (χ0n) is 12.2. The SMILES string of the molecule is Cl.NC(=Nc1ccc(C(F)(F)F)cc1)N=C(N)Nc1cccnc1. The van der Waals surface area contributed by atoms with Crippen molar-refractivity contribution in [2.75, 3.05) is 5.32 Å². The number of aliphatic imine (C=N–C) groups is 2. The van der Waals surface area contributed by atoms with Crippen LogP contribution in [-0.2, 0) is 6.18 Å². The zero-order valence-corrected chi connectivity index (χ0v) is 13.0. The standard InChI is InChI=1S/C14H13F3N6.ClH/c15-14(16,17)9-3-5-10(6-4-9)21-12(18)23-13(19)22-11-2-1-7-20-8-11;/h1-8H,(H5,18,19,21,22,23);1H. The first-order valence-corrected chi connectivity index (χ1v) is 6.37. The van der Waals surface area contributed by atoms with E-state index >= 15 is 0 Å². The van der Waals surface area contributed by atoms with E-state index in [2.05, 4.69) is 20.3 Å². The number of aromatic nitrogens is 1. The second kappa shape index (κ2) is 8.16. The molecule has 5 N–H and O–H groups in total. The van der Waals surface area contributed by atoms with Crippen LogP contribution in [0.5, 0.6) is 0 Å². The van der Waals surface area contributed by atoms with Crippen molar-refractivity contribution in [3.8, 4) is 0 Å². The Morgan fingerprint density at radius 3 is 2.29 bits per heavy atom. The van der Waals surface area contributed by atoms with E-state index in [0.717, 1.165) is 12.1 Å². The molecule has 0 amide bonds. The predicted molar refractivity (Wildman–Crippen MR) is 89.5 cm³/mol. The van der Waals surface area contributed by atoms with E-state index < -0.39 is 11.7 Å². The number of hydrogen-bond acceptors (Lipinski definition) is 2. The maximum atomic E-state index is 12.4. The molecule has 24 heavy (non-hydrogen) atoms. The molecule has 0 aliphatic carbocycles. The Morgan fingerprint density at radius 2 is 1.75 bits per heavy atom. The van der Waals surface area contributed by atoms with Gasteiger partial charge in [0.15, 0.2) is 0 Å². The van der Waals surface area contributed by atoms with Crippen molar-refractivity contribution in [1.82, 2.24) is 4.98 Å². The molecule has 0 bridgehead atoms. The highest BCUT2D eigenvalue weighted by atomic mass is 35.5. The van der Waals surface area contributed by atoms with Gasteiger partial charge in [-0.15, -0.1) is 12.4 Å². The number of rotatable bonds is 2. The molecule has 1 heterocycles. The molecule has 0 unspecified atom stereocenters. The van der Waals surface area contributed by atoms with Crippen LogP contribution in [0.1, 0.15) is 5.56 Å². The first-order valence-electron chi connectivity index (χ1n) is 6.37. The van der Waals surface area contributed by atoms with Crippen molar-refractivity contribution in [2.24, 2.45) is 21.5 Å². The second-order valence-electron chi connectivity index (χ2n) is 4.38. The van der Waals surface area contributed by atoms with Gasteiger partial charge in [0.05, 0.1) is 23.1 Å². The minimum Gasteiger partial charge on any atom is -0.369 e. The molecule has 0 atom stereocenters. The van der Waals surface area contributed by atoms with E-state index in [4.69, 9.17) is 11.5 Å². The third-order valence-corrected chi connectivity index (χ3v) is 2.61. The maximum absolute atomic E-state index is 12.4. The summed E-state index contributed by atoms with van der Waals surface area (Å²) >= 11 is 0. The minimum absolute atomic E-state index is 0. The number of nitrogens with two attached hydrogens (primary N) is 2. The van der Waals surface area contributed by atoms with Gasteiger partial charge in [0.25, 0.3) is 0 Å². The lowest BCUT2D eigenvalue weighted by Gasteiger charge is -2.06. The largest absolute Gasteiger partial charge is 0.416 e. The van der Waals surface area contributed by atoms with Gasteiger partial charge >= 0.3 is 6.18 Å². The van der Waals surface area contributed by atoms with Crippen LogP contribution in [0.4, 0.5) is 24.5 Å². The Morgan fingerprint density at radius 1 is 1.08 bits per heavy atom. The smallest absolute Gasteiger partial charge is 0.369 e. The third-order valence-electron chi connectivity index (χ3n) is 2.61. The molecule has 0 fully saturated rings. The molecule has 0 saturated heterocycles. The summed E-state index contributed by atoms with van der Waals surface area (Å²) in [6, 6.07) is 7.62. The summed E-state index contributed by atoms with van der Waals surface area (Å²) in [7, 11) is 0. The van der Waals surface area contributed by atoms with E-state index in [1.165, 1.54) is 18.3 Å². The van der Waals surface area contributed by atoms with Gasteiger partial charge in [-0.25, -0.2) is 4.99 Å². The summed E-state index contributed by atoms with van der Waals surface area (Å²) in [6.07, 6.45) is -1.27. The number of guanidine groups is 2. The first kappa shape index (κ1) is 19.2. The van der Waals surface area contributed by atoms with Crippen molar-refractivity contribution < 1.29 is 13.2 Å². The molecule has 0 aliphatic heterocycles. The Kier molecular flexibility index (Phi) is 6.54. The fraction of sp³-hybridized carbons (Fsp3) is 0.0714. The van der Waals surface area contributed by atoms with Crippen LogP contribution in [0.25, 0.3) is 0 Å². The number of benzene rings is 1. The van der Waals surface area contributed by atoms with Crippen LogP contribution in [0.3, 0.4) is 0 Å². The van der Waals surface area contributed by atoms with Gasteiger partial charge in [0, 0.05) is 6.20 Å². The van der Waals surface area contributed by atoms with E-state index in [9.17, 15) is 13.2 Å². The number of nitrogens with one attached hydrogen (secondary N) is 1. The lowest BCUT2D eigenvalue weighted by molar-refractivity contribution is -0.137.